The van der Waals surface area contributed by atoms with Crippen LogP contribution in [0.2, 0.25) is 0 Å². The highest BCUT2D eigenvalue weighted by Crippen LogP contribution is 2.04. The summed E-state index contributed by atoms with van der Waals surface area (Å²) >= 11 is 0. The van der Waals surface area contributed by atoms with Crippen molar-refractivity contribution in [3.05, 3.63) is 35.6 Å². The van der Waals surface area contributed by atoms with Gasteiger partial charge in [-0.1, -0.05) is 12.1 Å². The third kappa shape index (κ3) is 1.58. The van der Waals surface area contributed by atoms with Crippen molar-refractivity contribution in [1.82, 2.24) is 0 Å². The summed E-state index contributed by atoms with van der Waals surface area (Å²) in [6.45, 7) is 0. The SMILES string of the molecule is N#CN=C(N)c1ccccc1F. The van der Waals surface area contributed by atoms with Gasteiger partial charge in [0.25, 0.3) is 0 Å². The minimum atomic E-state index is -0.478. The van der Waals surface area contributed by atoms with Crippen LogP contribution in [0, 0.1) is 17.3 Å². The molecule has 0 spiro atoms. The lowest BCUT2D eigenvalue weighted by Gasteiger charge is -1.98. The molecule has 0 aliphatic rings. The number of hydrogen-bond donors (Lipinski definition) is 1. The van der Waals surface area contributed by atoms with Gasteiger partial charge in [-0.2, -0.15) is 10.3 Å². The van der Waals surface area contributed by atoms with Crippen molar-refractivity contribution in [1.29, 1.82) is 5.26 Å². The Morgan fingerprint density at radius 2 is 2.17 bits per heavy atom. The van der Waals surface area contributed by atoms with Gasteiger partial charge in [-0.15, -0.1) is 0 Å². The number of nitriles is 1. The highest BCUT2D eigenvalue weighted by Gasteiger charge is 2.03. The van der Waals surface area contributed by atoms with E-state index in [-0.39, 0.29) is 11.4 Å². The van der Waals surface area contributed by atoms with Crippen LogP contribution in [0.3, 0.4) is 0 Å². The van der Waals surface area contributed by atoms with Crippen LogP contribution in [0.15, 0.2) is 29.3 Å². The average Bonchev–Trinajstić information content (AvgIpc) is 2.05. The Bertz CT molecular complexity index is 352. The fraction of sp³-hybridized carbons (Fsp3) is 0. The van der Waals surface area contributed by atoms with E-state index >= 15 is 0 Å². The quantitative estimate of drug-likeness (QED) is 0.381. The van der Waals surface area contributed by atoms with Crippen LogP contribution in [0.1, 0.15) is 5.56 Å². The standard InChI is InChI=1S/C8H6FN3/c9-7-4-2-1-3-6(7)8(11)12-5-10/h1-4H,(H2,11,12). The molecule has 3 nitrogen and oxygen atoms in total. The average molecular weight is 163 g/mol. The zero-order valence-corrected chi connectivity index (χ0v) is 6.16. The van der Waals surface area contributed by atoms with Crippen molar-refractivity contribution < 1.29 is 4.39 Å². The van der Waals surface area contributed by atoms with Gasteiger partial charge in [0, 0.05) is 0 Å². The Balaban J connectivity index is 3.13. The van der Waals surface area contributed by atoms with Crippen molar-refractivity contribution in [3.63, 3.8) is 0 Å². The minimum Gasteiger partial charge on any atom is -0.382 e. The van der Waals surface area contributed by atoms with Crippen LogP contribution in [0.25, 0.3) is 0 Å². The molecule has 0 unspecified atom stereocenters. The Labute approximate surface area is 69.0 Å². The van der Waals surface area contributed by atoms with E-state index in [0.717, 1.165) is 0 Å². The fourth-order valence-corrected chi connectivity index (χ4v) is 0.783. The Hall–Kier alpha value is -1.89. The smallest absolute Gasteiger partial charge is 0.207 e. The molecule has 0 aliphatic carbocycles. The summed E-state index contributed by atoms with van der Waals surface area (Å²) in [5, 5.41) is 8.15. The van der Waals surface area contributed by atoms with Gasteiger partial charge in [-0.05, 0) is 12.1 Å². The first-order chi connectivity index (χ1) is 5.75. The first-order valence-electron chi connectivity index (χ1n) is 3.23. The zero-order chi connectivity index (χ0) is 8.97. The van der Waals surface area contributed by atoms with Gasteiger partial charge in [0.2, 0.25) is 6.19 Å². The first-order valence-corrected chi connectivity index (χ1v) is 3.23. The van der Waals surface area contributed by atoms with Gasteiger partial charge < -0.3 is 5.73 Å². The number of nitrogens with two attached hydrogens (primary N) is 1. The normalized spacial score (nSPS) is 10.8. The van der Waals surface area contributed by atoms with E-state index < -0.39 is 5.82 Å². The number of benzene rings is 1. The van der Waals surface area contributed by atoms with Gasteiger partial charge >= 0.3 is 0 Å². The van der Waals surface area contributed by atoms with E-state index in [2.05, 4.69) is 4.99 Å². The molecular weight excluding hydrogens is 157 g/mol. The summed E-state index contributed by atoms with van der Waals surface area (Å²) < 4.78 is 12.9. The molecule has 0 heterocycles. The van der Waals surface area contributed by atoms with Crippen LogP contribution in [0.4, 0.5) is 4.39 Å². The zero-order valence-electron chi connectivity index (χ0n) is 6.16. The maximum Gasteiger partial charge on any atom is 0.207 e. The molecule has 0 radical (unpaired) electrons. The van der Waals surface area contributed by atoms with Crippen molar-refractivity contribution in [3.8, 4) is 6.19 Å². The van der Waals surface area contributed by atoms with Gasteiger partial charge in [0.1, 0.15) is 11.7 Å². The number of amidine groups is 1. The van der Waals surface area contributed by atoms with Gasteiger partial charge in [-0.3, -0.25) is 0 Å². The van der Waals surface area contributed by atoms with Crippen molar-refractivity contribution in [2.45, 2.75) is 0 Å². The van der Waals surface area contributed by atoms with Crippen LogP contribution in [-0.2, 0) is 0 Å². The van der Waals surface area contributed by atoms with Crippen molar-refractivity contribution in [2.24, 2.45) is 10.7 Å². The second-order valence-electron chi connectivity index (χ2n) is 2.08. The summed E-state index contributed by atoms with van der Waals surface area (Å²) in [6.07, 6.45) is 1.49. The van der Waals surface area contributed by atoms with Crippen LogP contribution in [0.5, 0.6) is 0 Å². The molecule has 12 heavy (non-hydrogen) atoms. The van der Waals surface area contributed by atoms with E-state index in [1.807, 2.05) is 0 Å². The predicted octanol–water partition coefficient (Wildman–Crippen LogP) is 1.01. The lowest BCUT2D eigenvalue weighted by atomic mass is 10.2. The molecule has 0 saturated carbocycles. The molecule has 60 valence electrons. The van der Waals surface area contributed by atoms with Gasteiger partial charge in [-0.25, -0.2) is 4.39 Å². The second-order valence-corrected chi connectivity index (χ2v) is 2.08. The van der Waals surface area contributed by atoms with E-state index in [0.29, 0.717) is 0 Å². The number of nitrogens with zero attached hydrogens (tertiary/aromatic N) is 2. The number of aliphatic imine (C=N–C) groups is 1. The molecular formula is C8H6FN3. The molecule has 2 N–H and O–H groups in total. The maximum absolute atomic E-state index is 12.9. The summed E-state index contributed by atoms with van der Waals surface area (Å²) in [7, 11) is 0. The number of halogens is 1. The summed E-state index contributed by atoms with van der Waals surface area (Å²) in [5.74, 6) is -0.579. The van der Waals surface area contributed by atoms with Gasteiger partial charge in [0.05, 0.1) is 5.56 Å². The molecule has 0 fully saturated rings. The largest absolute Gasteiger partial charge is 0.382 e. The molecule has 0 bridgehead atoms. The first kappa shape index (κ1) is 8.21. The summed E-state index contributed by atoms with van der Waals surface area (Å²) in [4.78, 5) is 3.22. The molecule has 0 aliphatic heterocycles. The van der Waals surface area contributed by atoms with Gasteiger partial charge in [0.15, 0.2) is 0 Å². The molecule has 0 amide bonds. The Kier molecular flexibility index (Phi) is 2.38. The summed E-state index contributed by atoms with van der Waals surface area (Å²) in [5.41, 5.74) is 5.45. The highest BCUT2D eigenvalue weighted by atomic mass is 19.1. The minimum absolute atomic E-state index is 0.101. The van der Waals surface area contributed by atoms with Crippen molar-refractivity contribution in [2.75, 3.05) is 0 Å². The number of rotatable bonds is 1. The lowest BCUT2D eigenvalue weighted by molar-refractivity contribution is 0.625. The molecule has 4 heteroatoms. The van der Waals surface area contributed by atoms with Crippen molar-refractivity contribution >= 4 is 5.84 Å². The lowest BCUT2D eigenvalue weighted by Crippen LogP contribution is -2.14. The van der Waals surface area contributed by atoms with E-state index in [9.17, 15) is 4.39 Å². The molecule has 1 aromatic rings. The van der Waals surface area contributed by atoms with E-state index in [1.54, 1.807) is 12.1 Å². The van der Waals surface area contributed by atoms with Crippen LogP contribution < -0.4 is 5.73 Å². The maximum atomic E-state index is 12.9. The third-order valence-corrected chi connectivity index (χ3v) is 1.32. The molecule has 0 aromatic heterocycles. The summed E-state index contributed by atoms with van der Waals surface area (Å²) in [6, 6.07) is 5.89. The predicted molar refractivity (Wildman–Crippen MR) is 42.7 cm³/mol. The van der Waals surface area contributed by atoms with Crippen LogP contribution in [-0.4, -0.2) is 5.84 Å². The number of hydrogen-bond acceptors (Lipinski definition) is 2. The Morgan fingerprint density at radius 3 is 2.75 bits per heavy atom. The molecule has 0 atom stereocenters. The van der Waals surface area contributed by atoms with Crippen LogP contribution >= 0.6 is 0 Å². The third-order valence-electron chi connectivity index (χ3n) is 1.32. The second kappa shape index (κ2) is 3.49. The fourth-order valence-electron chi connectivity index (χ4n) is 0.783. The molecule has 1 aromatic carbocycles. The topological polar surface area (TPSA) is 62.2 Å². The highest BCUT2D eigenvalue weighted by molar-refractivity contribution is 5.98. The molecule has 0 saturated heterocycles. The molecule has 1 rings (SSSR count). The monoisotopic (exact) mass is 163 g/mol. The Morgan fingerprint density at radius 1 is 1.50 bits per heavy atom. The van der Waals surface area contributed by atoms with E-state index in [4.69, 9.17) is 11.0 Å². The van der Waals surface area contributed by atoms with E-state index in [1.165, 1.54) is 18.3 Å².